The lowest BCUT2D eigenvalue weighted by molar-refractivity contribution is -0.108. The second kappa shape index (κ2) is 3.18. The highest BCUT2D eigenvalue weighted by Gasteiger charge is 1.98. The van der Waals surface area contributed by atoms with Gasteiger partial charge < -0.3 is 4.79 Å². The summed E-state index contributed by atoms with van der Waals surface area (Å²) in [6.07, 6.45) is 3.99. The average Bonchev–Trinajstić information content (AvgIpc) is 2.34. The maximum absolute atomic E-state index is 11.2. The number of hydrogen-bond donors (Lipinski definition) is 0. The van der Waals surface area contributed by atoms with Crippen LogP contribution in [0.15, 0.2) is 17.2 Å². The first-order valence-corrected chi connectivity index (χ1v) is 3.48. The van der Waals surface area contributed by atoms with Crippen LogP contribution < -0.4 is 5.69 Å². The fourth-order valence-electron chi connectivity index (χ4n) is 0.913. The van der Waals surface area contributed by atoms with E-state index >= 15 is 0 Å². The third-order valence-electron chi connectivity index (χ3n) is 1.53. The molecular formula is C7H10N2O2. The lowest BCUT2D eigenvalue weighted by atomic mass is 10.7. The van der Waals surface area contributed by atoms with E-state index < -0.39 is 0 Å². The Hall–Kier alpha value is -1.32. The first-order chi connectivity index (χ1) is 5.29. The van der Waals surface area contributed by atoms with E-state index in [1.165, 1.54) is 4.57 Å². The van der Waals surface area contributed by atoms with Crippen molar-refractivity contribution in [3.8, 4) is 0 Å². The molecule has 11 heavy (non-hydrogen) atoms. The predicted octanol–water partition coefficient (Wildman–Crippen LogP) is -0.131. The summed E-state index contributed by atoms with van der Waals surface area (Å²) in [5.74, 6) is 0. The van der Waals surface area contributed by atoms with Crippen LogP contribution in [0.25, 0.3) is 0 Å². The van der Waals surface area contributed by atoms with Gasteiger partial charge in [0.1, 0.15) is 6.29 Å². The SMILES string of the molecule is CCn1ccn(CC=O)c1=O. The van der Waals surface area contributed by atoms with Gasteiger partial charge in [-0.25, -0.2) is 4.79 Å². The van der Waals surface area contributed by atoms with E-state index in [2.05, 4.69) is 0 Å². The molecule has 0 aliphatic heterocycles. The van der Waals surface area contributed by atoms with Crippen molar-refractivity contribution in [1.82, 2.24) is 9.13 Å². The molecule has 4 nitrogen and oxygen atoms in total. The van der Waals surface area contributed by atoms with Gasteiger partial charge in [-0.3, -0.25) is 9.13 Å². The zero-order chi connectivity index (χ0) is 8.27. The zero-order valence-corrected chi connectivity index (χ0v) is 6.36. The normalized spacial score (nSPS) is 9.91. The third-order valence-corrected chi connectivity index (χ3v) is 1.53. The van der Waals surface area contributed by atoms with Crippen molar-refractivity contribution in [2.75, 3.05) is 0 Å². The van der Waals surface area contributed by atoms with Crippen molar-refractivity contribution in [2.24, 2.45) is 0 Å². The maximum atomic E-state index is 11.2. The molecule has 0 amide bonds. The van der Waals surface area contributed by atoms with E-state index in [9.17, 15) is 9.59 Å². The van der Waals surface area contributed by atoms with Gasteiger partial charge in [-0.05, 0) is 6.92 Å². The Kier molecular flexibility index (Phi) is 2.25. The Morgan fingerprint density at radius 2 is 2.09 bits per heavy atom. The molecule has 0 fully saturated rings. The van der Waals surface area contributed by atoms with Gasteiger partial charge in [-0.15, -0.1) is 0 Å². The van der Waals surface area contributed by atoms with Crippen molar-refractivity contribution in [3.63, 3.8) is 0 Å². The fraction of sp³-hybridized carbons (Fsp3) is 0.429. The summed E-state index contributed by atoms with van der Waals surface area (Å²) >= 11 is 0. The van der Waals surface area contributed by atoms with Crippen LogP contribution in [0.2, 0.25) is 0 Å². The number of carbonyl (C=O) groups is 1. The van der Waals surface area contributed by atoms with Crippen LogP contribution in [0.3, 0.4) is 0 Å². The number of aryl methyl sites for hydroxylation is 1. The molecule has 0 aromatic carbocycles. The monoisotopic (exact) mass is 154 g/mol. The molecule has 0 saturated carbocycles. The molecule has 0 aliphatic rings. The molecule has 1 aromatic heterocycles. The molecule has 4 heteroatoms. The van der Waals surface area contributed by atoms with Crippen molar-refractivity contribution in [3.05, 3.63) is 22.9 Å². The standard InChI is InChI=1S/C7H10N2O2/c1-2-8-3-4-9(5-6-10)7(8)11/h3-4,6H,2,5H2,1H3. The van der Waals surface area contributed by atoms with Crippen LogP contribution in [0.5, 0.6) is 0 Å². The van der Waals surface area contributed by atoms with Crippen LogP contribution in [-0.4, -0.2) is 15.4 Å². The lowest BCUT2D eigenvalue weighted by Crippen LogP contribution is -2.23. The number of aromatic nitrogens is 2. The Balaban J connectivity index is 3.00. The summed E-state index contributed by atoms with van der Waals surface area (Å²) in [5.41, 5.74) is -0.125. The first-order valence-electron chi connectivity index (χ1n) is 3.48. The van der Waals surface area contributed by atoms with Gasteiger partial charge in [-0.1, -0.05) is 0 Å². The molecule has 0 bridgehead atoms. The van der Waals surface area contributed by atoms with Crippen LogP contribution in [-0.2, 0) is 17.9 Å². The van der Waals surface area contributed by atoms with Crippen molar-refractivity contribution >= 4 is 6.29 Å². The molecular weight excluding hydrogens is 144 g/mol. The second-order valence-corrected chi connectivity index (χ2v) is 2.19. The fourth-order valence-corrected chi connectivity index (χ4v) is 0.913. The van der Waals surface area contributed by atoms with Crippen molar-refractivity contribution in [2.45, 2.75) is 20.0 Å². The quantitative estimate of drug-likeness (QED) is 0.569. The summed E-state index contributed by atoms with van der Waals surface area (Å²) < 4.78 is 2.92. The number of carbonyl (C=O) groups excluding carboxylic acids is 1. The molecule has 0 saturated heterocycles. The van der Waals surface area contributed by atoms with Crippen molar-refractivity contribution in [1.29, 1.82) is 0 Å². The lowest BCUT2D eigenvalue weighted by Gasteiger charge is -1.92. The Morgan fingerprint density at radius 1 is 1.45 bits per heavy atom. The summed E-state index contributed by atoms with van der Waals surface area (Å²) in [7, 11) is 0. The minimum Gasteiger partial charge on any atom is -0.301 e. The zero-order valence-electron chi connectivity index (χ0n) is 6.36. The molecule has 1 aromatic rings. The van der Waals surface area contributed by atoms with E-state index in [1.54, 1.807) is 17.0 Å². The molecule has 0 N–H and O–H groups in total. The van der Waals surface area contributed by atoms with Crippen molar-refractivity contribution < 1.29 is 4.79 Å². The second-order valence-electron chi connectivity index (χ2n) is 2.19. The molecule has 0 atom stereocenters. The Bertz CT molecular complexity index is 298. The average molecular weight is 154 g/mol. The van der Waals surface area contributed by atoms with Gasteiger partial charge in [0, 0.05) is 18.9 Å². The highest BCUT2D eigenvalue weighted by Crippen LogP contribution is 1.82. The minimum absolute atomic E-state index is 0.125. The predicted molar refractivity (Wildman–Crippen MR) is 40.4 cm³/mol. The molecule has 0 unspecified atom stereocenters. The number of nitrogens with zero attached hydrogens (tertiary/aromatic N) is 2. The number of hydrogen-bond acceptors (Lipinski definition) is 2. The smallest absolute Gasteiger partial charge is 0.301 e. The summed E-state index contributed by atoms with van der Waals surface area (Å²) in [6.45, 7) is 2.67. The van der Waals surface area contributed by atoms with Gasteiger partial charge in [0.2, 0.25) is 0 Å². The molecule has 0 aliphatic carbocycles. The van der Waals surface area contributed by atoms with Crippen LogP contribution >= 0.6 is 0 Å². The van der Waals surface area contributed by atoms with E-state index in [-0.39, 0.29) is 12.2 Å². The third kappa shape index (κ3) is 1.39. The summed E-state index contributed by atoms with van der Waals surface area (Å²) in [6, 6.07) is 0. The van der Waals surface area contributed by atoms with Crippen LogP contribution in [0.4, 0.5) is 0 Å². The molecule has 0 radical (unpaired) electrons. The van der Waals surface area contributed by atoms with Gasteiger partial charge in [0.25, 0.3) is 0 Å². The summed E-state index contributed by atoms with van der Waals surface area (Å²) in [5, 5.41) is 0. The number of aldehydes is 1. The maximum Gasteiger partial charge on any atom is 0.328 e. The highest BCUT2D eigenvalue weighted by molar-refractivity contribution is 5.48. The van der Waals surface area contributed by atoms with Gasteiger partial charge in [0.05, 0.1) is 6.54 Å². The molecule has 1 heterocycles. The number of rotatable bonds is 3. The molecule has 1 rings (SSSR count). The van der Waals surface area contributed by atoms with E-state index in [1.807, 2.05) is 6.92 Å². The van der Waals surface area contributed by atoms with Gasteiger partial charge in [-0.2, -0.15) is 0 Å². The number of imidazole rings is 1. The molecule has 60 valence electrons. The largest absolute Gasteiger partial charge is 0.328 e. The Labute approximate surface area is 64.1 Å². The van der Waals surface area contributed by atoms with Crippen LogP contribution in [0, 0.1) is 0 Å². The minimum atomic E-state index is -0.125. The van der Waals surface area contributed by atoms with E-state index in [0.29, 0.717) is 12.8 Å². The van der Waals surface area contributed by atoms with Gasteiger partial charge in [0.15, 0.2) is 0 Å². The highest BCUT2D eigenvalue weighted by atomic mass is 16.2. The summed E-state index contributed by atoms with van der Waals surface area (Å²) in [4.78, 5) is 21.2. The van der Waals surface area contributed by atoms with Gasteiger partial charge >= 0.3 is 5.69 Å². The van der Waals surface area contributed by atoms with Crippen LogP contribution in [0.1, 0.15) is 6.92 Å². The first kappa shape index (κ1) is 7.78. The topological polar surface area (TPSA) is 44.0 Å². The van der Waals surface area contributed by atoms with E-state index in [4.69, 9.17) is 0 Å². The van der Waals surface area contributed by atoms with E-state index in [0.717, 1.165) is 0 Å². The Morgan fingerprint density at radius 3 is 2.55 bits per heavy atom. The molecule has 0 spiro atoms.